The highest BCUT2D eigenvalue weighted by molar-refractivity contribution is 5.80. The third-order valence-electron chi connectivity index (χ3n) is 4.94. The van der Waals surface area contributed by atoms with E-state index >= 15 is 0 Å². The first-order chi connectivity index (χ1) is 8.76. The number of hydrogen-bond acceptors (Lipinski definition) is 3. The molecular formula is C14H25N3O. The van der Waals surface area contributed by atoms with Crippen LogP contribution in [0.2, 0.25) is 0 Å². The topological polar surface area (TPSA) is 44.4 Å². The lowest BCUT2D eigenvalue weighted by Gasteiger charge is -2.33. The minimum atomic E-state index is 0.237. The molecule has 0 aromatic heterocycles. The number of likely N-dealkylation sites (N-methyl/N-ethyl adjacent to an activating group) is 1. The Morgan fingerprint density at radius 2 is 2.28 bits per heavy atom. The fourth-order valence-electron chi connectivity index (χ4n) is 3.88. The standard InChI is InChI=1S/C14H25N3O/c1-2-17-7-3-4-11(9-17)16-14(18)12-8-10-5-6-13(12)15-10/h10-13,15H,2-9H2,1H3,(H,16,18). The second-order valence-electron chi connectivity index (χ2n) is 6.13. The molecule has 4 atom stereocenters. The van der Waals surface area contributed by atoms with E-state index in [-0.39, 0.29) is 5.92 Å². The van der Waals surface area contributed by atoms with Gasteiger partial charge in [-0.05, 0) is 45.2 Å². The molecule has 3 aliphatic heterocycles. The van der Waals surface area contributed by atoms with Gasteiger partial charge < -0.3 is 15.5 Å². The third kappa shape index (κ3) is 2.41. The molecule has 3 rings (SSSR count). The van der Waals surface area contributed by atoms with Gasteiger partial charge in [-0.2, -0.15) is 0 Å². The maximum absolute atomic E-state index is 12.3. The number of nitrogens with zero attached hydrogens (tertiary/aromatic N) is 1. The Morgan fingerprint density at radius 3 is 2.94 bits per heavy atom. The number of fused-ring (bicyclic) bond motifs is 2. The van der Waals surface area contributed by atoms with Crippen molar-refractivity contribution in [3.63, 3.8) is 0 Å². The minimum Gasteiger partial charge on any atom is -0.352 e. The Kier molecular flexibility index (Phi) is 3.57. The highest BCUT2D eigenvalue weighted by atomic mass is 16.2. The highest BCUT2D eigenvalue weighted by Gasteiger charge is 2.43. The molecule has 4 heteroatoms. The van der Waals surface area contributed by atoms with E-state index in [2.05, 4.69) is 22.5 Å². The third-order valence-corrected chi connectivity index (χ3v) is 4.94. The summed E-state index contributed by atoms with van der Waals surface area (Å²) in [5.74, 6) is 0.540. The van der Waals surface area contributed by atoms with E-state index in [1.807, 2.05) is 0 Å². The van der Waals surface area contributed by atoms with Gasteiger partial charge in [0, 0.05) is 24.7 Å². The predicted molar refractivity (Wildman–Crippen MR) is 71.3 cm³/mol. The lowest BCUT2D eigenvalue weighted by atomic mass is 9.88. The molecule has 0 aromatic carbocycles. The molecule has 3 saturated heterocycles. The number of carbonyl (C=O) groups excluding carboxylic acids is 1. The van der Waals surface area contributed by atoms with Gasteiger partial charge in [-0.1, -0.05) is 6.92 Å². The molecule has 18 heavy (non-hydrogen) atoms. The van der Waals surface area contributed by atoms with Gasteiger partial charge in [0.2, 0.25) is 5.91 Å². The minimum absolute atomic E-state index is 0.237. The summed E-state index contributed by atoms with van der Waals surface area (Å²) in [6.07, 6.45) is 5.88. The van der Waals surface area contributed by atoms with Crippen LogP contribution in [0.3, 0.4) is 0 Å². The fraction of sp³-hybridized carbons (Fsp3) is 0.929. The van der Waals surface area contributed by atoms with Crippen LogP contribution in [-0.4, -0.2) is 48.6 Å². The van der Waals surface area contributed by atoms with Crippen molar-refractivity contribution in [3.05, 3.63) is 0 Å². The van der Waals surface area contributed by atoms with E-state index in [1.54, 1.807) is 0 Å². The first-order valence-corrected chi connectivity index (χ1v) is 7.55. The van der Waals surface area contributed by atoms with Gasteiger partial charge in [-0.15, -0.1) is 0 Å². The van der Waals surface area contributed by atoms with Gasteiger partial charge in [0.25, 0.3) is 0 Å². The zero-order valence-corrected chi connectivity index (χ0v) is 11.3. The van der Waals surface area contributed by atoms with Crippen LogP contribution >= 0.6 is 0 Å². The van der Waals surface area contributed by atoms with Crippen molar-refractivity contribution in [3.8, 4) is 0 Å². The van der Waals surface area contributed by atoms with Crippen LogP contribution in [0.1, 0.15) is 39.0 Å². The lowest BCUT2D eigenvalue weighted by Crippen LogP contribution is -2.50. The summed E-state index contributed by atoms with van der Waals surface area (Å²) in [7, 11) is 0. The monoisotopic (exact) mass is 251 g/mol. The Balaban J connectivity index is 1.51. The van der Waals surface area contributed by atoms with Crippen molar-refractivity contribution in [2.75, 3.05) is 19.6 Å². The van der Waals surface area contributed by atoms with E-state index in [0.29, 0.717) is 24.0 Å². The number of likely N-dealkylation sites (tertiary alicyclic amines) is 1. The first-order valence-electron chi connectivity index (χ1n) is 7.55. The van der Waals surface area contributed by atoms with Gasteiger partial charge in [-0.3, -0.25) is 4.79 Å². The maximum atomic E-state index is 12.3. The van der Waals surface area contributed by atoms with Crippen molar-refractivity contribution in [2.45, 2.75) is 57.2 Å². The van der Waals surface area contributed by atoms with E-state index in [0.717, 1.165) is 25.9 Å². The Labute approximate surface area is 109 Å². The van der Waals surface area contributed by atoms with Crippen LogP contribution < -0.4 is 10.6 Å². The number of rotatable bonds is 3. The summed E-state index contributed by atoms with van der Waals surface area (Å²) in [5, 5.41) is 6.83. The van der Waals surface area contributed by atoms with E-state index < -0.39 is 0 Å². The summed E-state index contributed by atoms with van der Waals surface area (Å²) in [6, 6.07) is 1.45. The number of carbonyl (C=O) groups is 1. The number of nitrogens with one attached hydrogen (secondary N) is 2. The van der Waals surface area contributed by atoms with Crippen LogP contribution in [-0.2, 0) is 4.79 Å². The normalized spacial score (nSPS) is 40.1. The fourth-order valence-corrected chi connectivity index (χ4v) is 3.88. The average molecular weight is 251 g/mol. The van der Waals surface area contributed by atoms with E-state index in [4.69, 9.17) is 0 Å². The Morgan fingerprint density at radius 1 is 1.39 bits per heavy atom. The molecule has 0 spiro atoms. The smallest absolute Gasteiger partial charge is 0.225 e. The van der Waals surface area contributed by atoms with Crippen LogP contribution in [0.5, 0.6) is 0 Å². The van der Waals surface area contributed by atoms with Crippen LogP contribution in [0, 0.1) is 5.92 Å². The summed E-state index contributed by atoms with van der Waals surface area (Å²) in [5.41, 5.74) is 0. The largest absolute Gasteiger partial charge is 0.352 e. The molecule has 4 nitrogen and oxygen atoms in total. The molecule has 3 fully saturated rings. The molecular weight excluding hydrogens is 226 g/mol. The van der Waals surface area contributed by atoms with Crippen molar-refractivity contribution in [1.29, 1.82) is 0 Å². The summed E-state index contributed by atoms with van der Waals surface area (Å²) in [6.45, 7) is 5.53. The molecule has 3 aliphatic rings. The zero-order valence-electron chi connectivity index (χ0n) is 11.3. The molecule has 1 amide bonds. The van der Waals surface area contributed by atoms with Gasteiger partial charge in [0.05, 0.1) is 5.92 Å². The molecule has 2 bridgehead atoms. The van der Waals surface area contributed by atoms with E-state index in [1.165, 1.54) is 25.8 Å². The second-order valence-corrected chi connectivity index (χ2v) is 6.13. The molecule has 2 N–H and O–H groups in total. The predicted octanol–water partition coefficient (Wildman–Crippen LogP) is 0.727. The molecule has 102 valence electrons. The summed E-state index contributed by atoms with van der Waals surface area (Å²) in [4.78, 5) is 14.8. The number of amides is 1. The maximum Gasteiger partial charge on any atom is 0.225 e. The molecule has 0 radical (unpaired) electrons. The van der Waals surface area contributed by atoms with Crippen molar-refractivity contribution in [1.82, 2.24) is 15.5 Å². The van der Waals surface area contributed by atoms with Gasteiger partial charge >= 0.3 is 0 Å². The van der Waals surface area contributed by atoms with Crippen molar-refractivity contribution >= 4 is 5.91 Å². The summed E-state index contributed by atoms with van der Waals surface area (Å²) >= 11 is 0. The molecule has 0 saturated carbocycles. The summed E-state index contributed by atoms with van der Waals surface area (Å²) < 4.78 is 0. The molecule has 0 aromatic rings. The van der Waals surface area contributed by atoms with Crippen LogP contribution in [0.25, 0.3) is 0 Å². The van der Waals surface area contributed by atoms with Crippen molar-refractivity contribution < 1.29 is 4.79 Å². The first kappa shape index (κ1) is 12.4. The SMILES string of the molecule is CCN1CCCC(NC(=O)C2CC3CCC2N3)C1. The van der Waals surface area contributed by atoms with Crippen molar-refractivity contribution in [2.24, 2.45) is 5.92 Å². The van der Waals surface area contributed by atoms with Gasteiger partial charge in [0.15, 0.2) is 0 Å². The molecule has 0 aliphatic carbocycles. The number of hydrogen-bond donors (Lipinski definition) is 2. The number of piperidine rings is 1. The van der Waals surface area contributed by atoms with Crippen LogP contribution in [0.15, 0.2) is 0 Å². The molecule has 4 unspecified atom stereocenters. The Hall–Kier alpha value is -0.610. The van der Waals surface area contributed by atoms with Gasteiger partial charge in [0.1, 0.15) is 0 Å². The second kappa shape index (κ2) is 5.17. The Bertz CT molecular complexity index is 320. The zero-order chi connectivity index (χ0) is 12.5. The average Bonchev–Trinajstić information content (AvgIpc) is 3.01. The van der Waals surface area contributed by atoms with Gasteiger partial charge in [-0.25, -0.2) is 0 Å². The molecule has 3 heterocycles. The van der Waals surface area contributed by atoms with E-state index in [9.17, 15) is 4.79 Å². The van der Waals surface area contributed by atoms with Crippen LogP contribution in [0.4, 0.5) is 0 Å². The lowest BCUT2D eigenvalue weighted by molar-refractivity contribution is -0.126. The quantitative estimate of drug-likeness (QED) is 0.777. The highest BCUT2D eigenvalue weighted by Crippen LogP contribution is 2.33.